The molecule has 15 heavy (non-hydrogen) atoms. The summed E-state index contributed by atoms with van der Waals surface area (Å²) in [5.41, 5.74) is 5.78. The third-order valence-corrected chi connectivity index (χ3v) is 3.86. The van der Waals surface area contributed by atoms with Gasteiger partial charge in [-0.05, 0) is 25.7 Å². The topological polar surface area (TPSA) is 51.8 Å². The molecule has 0 aliphatic heterocycles. The van der Waals surface area contributed by atoms with Gasteiger partial charge in [-0.2, -0.15) is 0 Å². The van der Waals surface area contributed by atoms with E-state index in [1.807, 2.05) is 0 Å². The number of nitrogens with two attached hydrogens (primary N) is 1. The largest absolute Gasteiger partial charge is 0.328 e. The molecule has 6 heteroatoms. The van der Waals surface area contributed by atoms with Crippen LogP contribution in [0.5, 0.6) is 0 Å². The first-order valence-electron chi connectivity index (χ1n) is 5.04. The van der Waals surface area contributed by atoms with Crippen LogP contribution in [0.15, 0.2) is 0 Å². The second-order valence-corrected chi connectivity index (χ2v) is 4.93. The van der Waals surface area contributed by atoms with E-state index in [9.17, 15) is 8.78 Å². The summed E-state index contributed by atoms with van der Waals surface area (Å²) in [6.45, 7) is 0. The van der Waals surface area contributed by atoms with Crippen molar-refractivity contribution < 1.29 is 8.78 Å². The number of halogens is 2. The van der Waals surface area contributed by atoms with Gasteiger partial charge < -0.3 is 5.73 Å². The molecule has 1 fully saturated rings. The van der Waals surface area contributed by atoms with Crippen LogP contribution in [0, 0.1) is 0 Å². The molecule has 0 unspecified atom stereocenters. The highest BCUT2D eigenvalue weighted by Crippen LogP contribution is 2.35. The molecule has 2 N–H and O–H groups in total. The maximum atomic E-state index is 12.3. The Morgan fingerprint density at radius 1 is 1.20 bits per heavy atom. The van der Waals surface area contributed by atoms with E-state index in [2.05, 4.69) is 10.2 Å². The van der Waals surface area contributed by atoms with Gasteiger partial charge >= 0.3 is 0 Å². The second kappa shape index (κ2) is 4.49. The molecule has 1 aromatic rings. The van der Waals surface area contributed by atoms with Crippen LogP contribution < -0.4 is 5.73 Å². The first-order chi connectivity index (χ1) is 7.16. The van der Waals surface area contributed by atoms with E-state index in [4.69, 9.17) is 5.73 Å². The van der Waals surface area contributed by atoms with E-state index in [0.29, 0.717) is 0 Å². The van der Waals surface area contributed by atoms with Crippen LogP contribution in [0.25, 0.3) is 0 Å². The summed E-state index contributed by atoms with van der Waals surface area (Å²) in [6.07, 6.45) is 1.29. The van der Waals surface area contributed by atoms with E-state index in [1.165, 1.54) is 0 Å². The van der Waals surface area contributed by atoms with Crippen LogP contribution in [0.2, 0.25) is 0 Å². The molecule has 0 spiro atoms. The van der Waals surface area contributed by atoms with E-state index in [1.54, 1.807) is 0 Å². The van der Waals surface area contributed by atoms with Crippen LogP contribution in [0.1, 0.15) is 48.0 Å². The maximum Gasteiger partial charge on any atom is 0.291 e. The van der Waals surface area contributed by atoms with Crippen molar-refractivity contribution in [3.8, 4) is 0 Å². The Kier molecular flexibility index (Phi) is 3.25. The Bertz CT molecular complexity index is 321. The second-order valence-electron chi connectivity index (χ2n) is 3.89. The lowest BCUT2D eigenvalue weighted by Crippen LogP contribution is -2.25. The maximum absolute atomic E-state index is 12.3. The molecule has 1 heterocycles. The van der Waals surface area contributed by atoms with Gasteiger partial charge in [-0.3, -0.25) is 0 Å². The first kappa shape index (κ1) is 10.9. The molecule has 1 saturated carbocycles. The summed E-state index contributed by atoms with van der Waals surface area (Å²) in [7, 11) is 0. The molecule has 0 bridgehead atoms. The summed E-state index contributed by atoms with van der Waals surface area (Å²) in [5, 5.41) is 7.91. The predicted octanol–water partition coefficient (Wildman–Crippen LogP) is 2.46. The fourth-order valence-electron chi connectivity index (χ4n) is 1.87. The molecular formula is C9H13F2N3S. The molecule has 1 aliphatic rings. The van der Waals surface area contributed by atoms with Gasteiger partial charge in [0.1, 0.15) is 5.01 Å². The third kappa shape index (κ3) is 2.49. The molecule has 0 atom stereocenters. The molecule has 0 aromatic carbocycles. The van der Waals surface area contributed by atoms with Crippen LogP contribution in [0.4, 0.5) is 8.78 Å². The van der Waals surface area contributed by atoms with E-state index in [0.717, 1.165) is 42.0 Å². The van der Waals surface area contributed by atoms with Crippen LogP contribution in [-0.4, -0.2) is 16.2 Å². The van der Waals surface area contributed by atoms with Gasteiger partial charge in [0.05, 0.1) is 0 Å². The fourth-order valence-corrected chi connectivity index (χ4v) is 2.73. The van der Waals surface area contributed by atoms with Gasteiger partial charge in [-0.1, -0.05) is 11.3 Å². The smallest absolute Gasteiger partial charge is 0.291 e. The van der Waals surface area contributed by atoms with Gasteiger partial charge in [0.2, 0.25) is 0 Å². The zero-order valence-corrected chi connectivity index (χ0v) is 9.01. The molecule has 0 saturated heterocycles. The lowest BCUT2D eigenvalue weighted by molar-refractivity contribution is 0.150. The summed E-state index contributed by atoms with van der Waals surface area (Å²) in [4.78, 5) is 0. The number of nitrogens with zero attached hydrogens (tertiary/aromatic N) is 2. The van der Waals surface area contributed by atoms with Gasteiger partial charge in [0.25, 0.3) is 6.43 Å². The highest BCUT2D eigenvalue weighted by molar-refractivity contribution is 7.11. The lowest BCUT2D eigenvalue weighted by Gasteiger charge is -2.23. The Balaban J connectivity index is 2.03. The number of hydrogen-bond donors (Lipinski definition) is 1. The Labute approximate surface area is 90.7 Å². The number of aromatic nitrogens is 2. The summed E-state index contributed by atoms with van der Waals surface area (Å²) in [6, 6.07) is 0.267. The fraction of sp³-hybridized carbons (Fsp3) is 0.778. The zero-order chi connectivity index (χ0) is 10.8. The highest BCUT2D eigenvalue weighted by atomic mass is 32.1. The minimum atomic E-state index is -2.50. The van der Waals surface area contributed by atoms with Crippen molar-refractivity contribution >= 4 is 11.3 Å². The molecule has 0 radical (unpaired) electrons. The first-order valence-corrected chi connectivity index (χ1v) is 5.85. The Morgan fingerprint density at radius 2 is 1.87 bits per heavy atom. The van der Waals surface area contributed by atoms with E-state index in [-0.39, 0.29) is 17.0 Å². The third-order valence-electron chi connectivity index (χ3n) is 2.76. The average Bonchev–Trinajstić information content (AvgIpc) is 2.68. The molecule has 2 rings (SSSR count). The monoisotopic (exact) mass is 233 g/mol. The van der Waals surface area contributed by atoms with Crippen molar-refractivity contribution in [2.75, 3.05) is 0 Å². The Hall–Kier alpha value is -0.620. The van der Waals surface area contributed by atoms with Crippen LogP contribution >= 0.6 is 11.3 Å². The van der Waals surface area contributed by atoms with Gasteiger partial charge in [-0.25, -0.2) is 8.78 Å². The zero-order valence-electron chi connectivity index (χ0n) is 8.20. The minimum absolute atomic E-state index is 0.167. The predicted molar refractivity (Wildman–Crippen MR) is 54.1 cm³/mol. The molecule has 1 aromatic heterocycles. The minimum Gasteiger partial charge on any atom is -0.328 e. The highest BCUT2D eigenvalue weighted by Gasteiger charge is 2.24. The van der Waals surface area contributed by atoms with Gasteiger partial charge in [-0.15, -0.1) is 10.2 Å². The van der Waals surface area contributed by atoms with Crippen molar-refractivity contribution in [3.63, 3.8) is 0 Å². The Morgan fingerprint density at radius 3 is 2.40 bits per heavy atom. The lowest BCUT2D eigenvalue weighted by atomic mass is 9.87. The molecule has 1 aliphatic carbocycles. The summed E-state index contributed by atoms with van der Waals surface area (Å²) < 4.78 is 24.6. The van der Waals surface area contributed by atoms with Crippen molar-refractivity contribution in [2.24, 2.45) is 5.73 Å². The van der Waals surface area contributed by atoms with Crippen LogP contribution in [0.3, 0.4) is 0 Å². The standard InChI is InChI=1S/C9H13F2N3S/c10-7(11)9-14-13-8(15-9)5-1-3-6(12)4-2-5/h5-7H,1-4,12H2/t5-,6-. The molecular weight excluding hydrogens is 220 g/mol. The van der Waals surface area contributed by atoms with Gasteiger partial charge in [0.15, 0.2) is 5.01 Å². The van der Waals surface area contributed by atoms with E-state index >= 15 is 0 Å². The summed E-state index contributed by atoms with van der Waals surface area (Å²) in [5.74, 6) is 0.287. The molecule has 0 amide bonds. The summed E-state index contributed by atoms with van der Waals surface area (Å²) >= 11 is 1.04. The van der Waals surface area contributed by atoms with E-state index < -0.39 is 6.43 Å². The molecule has 84 valence electrons. The van der Waals surface area contributed by atoms with Crippen molar-refractivity contribution in [1.29, 1.82) is 0 Å². The number of rotatable bonds is 2. The van der Waals surface area contributed by atoms with Crippen molar-refractivity contribution in [1.82, 2.24) is 10.2 Å². The quantitative estimate of drug-likeness (QED) is 0.853. The van der Waals surface area contributed by atoms with Crippen molar-refractivity contribution in [2.45, 2.75) is 44.1 Å². The van der Waals surface area contributed by atoms with Crippen molar-refractivity contribution in [3.05, 3.63) is 10.0 Å². The average molecular weight is 233 g/mol. The number of alkyl halides is 2. The molecule has 3 nitrogen and oxygen atoms in total. The SMILES string of the molecule is N[C@H]1CC[C@H](c2nnc(C(F)F)s2)CC1. The van der Waals surface area contributed by atoms with Crippen LogP contribution in [-0.2, 0) is 0 Å². The normalized spacial score (nSPS) is 27.2. The number of hydrogen-bond acceptors (Lipinski definition) is 4. The van der Waals surface area contributed by atoms with Gasteiger partial charge in [0, 0.05) is 12.0 Å².